The van der Waals surface area contributed by atoms with Gasteiger partial charge in [0.25, 0.3) is 0 Å². The van der Waals surface area contributed by atoms with Crippen molar-refractivity contribution >= 4 is 0 Å². The van der Waals surface area contributed by atoms with Crippen molar-refractivity contribution in [3.05, 3.63) is 35.4 Å². The smallest absolute Gasteiger partial charge is 0.0713 e. The summed E-state index contributed by atoms with van der Waals surface area (Å²) < 4.78 is 5.24. The maximum absolute atomic E-state index is 6.10. The van der Waals surface area contributed by atoms with Crippen LogP contribution in [0, 0.1) is 5.92 Å². The Morgan fingerprint density at radius 2 is 2.20 bits per heavy atom. The quantitative estimate of drug-likeness (QED) is 0.868. The molecule has 2 N–H and O–H groups in total. The van der Waals surface area contributed by atoms with Crippen molar-refractivity contribution in [2.24, 2.45) is 11.7 Å². The number of methoxy groups -OCH3 is 1. The summed E-state index contributed by atoms with van der Waals surface area (Å²) in [6.45, 7) is 7.15. The molecule has 0 radical (unpaired) electrons. The van der Waals surface area contributed by atoms with Crippen LogP contribution in [0.3, 0.4) is 0 Å². The molecule has 0 aromatic heterocycles. The molecule has 3 heteroatoms. The lowest BCUT2D eigenvalue weighted by Gasteiger charge is -2.35. The highest BCUT2D eigenvalue weighted by Crippen LogP contribution is 2.32. The summed E-state index contributed by atoms with van der Waals surface area (Å²) in [5, 5.41) is 0. The Balaban J connectivity index is 2.21. The van der Waals surface area contributed by atoms with Crippen molar-refractivity contribution in [2.75, 3.05) is 20.2 Å². The molecule has 0 aliphatic carbocycles. The Kier molecular flexibility index (Phi) is 5.58. The molecule has 0 spiro atoms. The van der Waals surface area contributed by atoms with E-state index < -0.39 is 0 Å². The normalized spacial score (nSPS) is 21.6. The third-order valence-electron chi connectivity index (χ3n) is 4.38. The van der Waals surface area contributed by atoms with E-state index in [-0.39, 0.29) is 0 Å². The summed E-state index contributed by atoms with van der Waals surface area (Å²) in [7, 11) is 1.74. The number of ether oxygens (including phenoxy) is 1. The topological polar surface area (TPSA) is 38.5 Å². The third kappa shape index (κ3) is 3.40. The number of rotatable bonds is 6. The minimum Gasteiger partial charge on any atom is -0.380 e. The van der Waals surface area contributed by atoms with Gasteiger partial charge in [-0.1, -0.05) is 38.1 Å². The molecule has 2 unspecified atom stereocenters. The molecule has 1 heterocycles. The van der Waals surface area contributed by atoms with Gasteiger partial charge < -0.3 is 10.5 Å². The third-order valence-corrected chi connectivity index (χ3v) is 4.38. The van der Waals surface area contributed by atoms with Gasteiger partial charge in [0.05, 0.1) is 6.61 Å². The molecule has 20 heavy (non-hydrogen) atoms. The molecule has 2 atom stereocenters. The first kappa shape index (κ1) is 15.5. The second-order valence-corrected chi connectivity index (χ2v) is 6.12. The number of likely N-dealkylation sites (tertiary alicyclic amines) is 1. The van der Waals surface area contributed by atoms with Gasteiger partial charge in [0.1, 0.15) is 0 Å². The lowest BCUT2D eigenvalue weighted by Crippen LogP contribution is -2.40. The van der Waals surface area contributed by atoms with E-state index in [2.05, 4.69) is 43.0 Å². The molecule has 1 fully saturated rings. The van der Waals surface area contributed by atoms with Gasteiger partial charge in [0, 0.05) is 25.7 Å². The second-order valence-electron chi connectivity index (χ2n) is 6.12. The Hall–Kier alpha value is -0.900. The van der Waals surface area contributed by atoms with Gasteiger partial charge in [-0.3, -0.25) is 4.90 Å². The molecule has 0 saturated carbocycles. The van der Waals surface area contributed by atoms with Crippen molar-refractivity contribution in [1.29, 1.82) is 0 Å². The van der Waals surface area contributed by atoms with Gasteiger partial charge in [-0.25, -0.2) is 0 Å². The van der Waals surface area contributed by atoms with Crippen LogP contribution in [0.15, 0.2) is 24.3 Å². The fraction of sp³-hybridized carbons (Fsp3) is 0.647. The summed E-state index contributed by atoms with van der Waals surface area (Å²) in [6.07, 6.45) is 2.59. The van der Waals surface area contributed by atoms with Crippen molar-refractivity contribution in [3.8, 4) is 0 Å². The highest BCUT2D eigenvalue weighted by molar-refractivity contribution is 5.26. The molecule has 0 bridgehead atoms. The lowest BCUT2D eigenvalue weighted by atomic mass is 9.97. The van der Waals surface area contributed by atoms with Crippen molar-refractivity contribution in [2.45, 2.75) is 45.4 Å². The van der Waals surface area contributed by atoms with E-state index in [9.17, 15) is 0 Å². The number of hydrogen-bond donors (Lipinski definition) is 1. The Morgan fingerprint density at radius 3 is 2.85 bits per heavy atom. The summed E-state index contributed by atoms with van der Waals surface area (Å²) in [5.74, 6) is 0.689. The van der Waals surface area contributed by atoms with E-state index in [1.807, 2.05) is 0 Å². The minimum atomic E-state index is 0.335. The molecule has 112 valence electrons. The maximum Gasteiger partial charge on any atom is 0.0713 e. The first-order valence-electron chi connectivity index (χ1n) is 7.71. The van der Waals surface area contributed by atoms with Crippen molar-refractivity contribution in [1.82, 2.24) is 4.90 Å². The molecule has 3 nitrogen and oxygen atoms in total. The molecular formula is C17H28N2O. The Bertz CT molecular complexity index is 419. The molecule has 1 saturated heterocycles. The Morgan fingerprint density at radius 1 is 1.40 bits per heavy atom. The van der Waals surface area contributed by atoms with Gasteiger partial charge in [0.2, 0.25) is 0 Å². The standard InChI is InChI=1S/C17H28N2O/c1-13(2)16-8-5-9-19(16)17(11-18)15-7-4-6-14(10-15)12-20-3/h4,6-7,10,13,16-17H,5,8-9,11-12,18H2,1-3H3. The predicted molar refractivity (Wildman–Crippen MR) is 83.5 cm³/mol. The predicted octanol–water partition coefficient (Wildman–Crippen LogP) is 2.95. The number of nitrogens with zero attached hydrogens (tertiary/aromatic N) is 1. The average molecular weight is 276 g/mol. The van der Waals surface area contributed by atoms with E-state index in [1.165, 1.54) is 30.5 Å². The van der Waals surface area contributed by atoms with Gasteiger partial charge >= 0.3 is 0 Å². The molecular weight excluding hydrogens is 248 g/mol. The summed E-state index contributed by atoms with van der Waals surface area (Å²) >= 11 is 0. The Labute approximate surface area is 123 Å². The van der Waals surface area contributed by atoms with Gasteiger partial charge in [-0.2, -0.15) is 0 Å². The summed E-state index contributed by atoms with van der Waals surface area (Å²) in [4.78, 5) is 2.61. The van der Waals surface area contributed by atoms with E-state index in [4.69, 9.17) is 10.5 Å². The molecule has 1 aliphatic rings. The maximum atomic E-state index is 6.10. The molecule has 0 amide bonds. The van der Waals surface area contributed by atoms with Crippen LogP contribution in [0.2, 0.25) is 0 Å². The monoisotopic (exact) mass is 276 g/mol. The number of benzene rings is 1. The van der Waals surface area contributed by atoms with E-state index in [1.54, 1.807) is 7.11 Å². The van der Waals surface area contributed by atoms with Crippen LogP contribution in [0.25, 0.3) is 0 Å². The zero-order valence-corrected chi connectivity index (χ0v) is 13.0. The molecule has 1 aromatic carbocycles. The van der Waals surface area contributed by atoms with Crippen molar-refractivity contribution < 1.29 is 4.74 Å². The van der Waals surface area contributed by atoms with E-state index in [0.29, 0.717) is 31.2 Å². The first-order chi connectivity index (χ1) is 9.67. The molecule has 1 aromatic rings. The van der Waals surface area contributed by atoms with E-state index >= 15 is 0 Å². The zero-order chi connectivity index (χ0) is 14.5. The SMILES string of the molecule is COCc1cccc(C(CN)N2CCCC2C(C)C)c1. The highest BCUT2D eigenvalue weighted by Gasteiger charge is 2.32. The van der Waals surface area contributed by atoms with Crippen LogP contribution >= 0.6 is 0 Å². The summed E-state index contributed by atoms with van der Waals surface area (Å²) in [5.41, 5.74) is 8.65. The fourth-order valence-corrected chi connectivity index (χ4v) is 3.44. The van der Waals surface area contributed by atoms with Crippen LogP contribution in [-0.2, 0) is 11.3 Å². The van der Waals surface area contributed by atoms with Crippen LogP contribution in [0.5, 0.6) is 0 Å². The zero-order valence-electron chi connectivity index (χ0n) is 13.0. The largest absolute Gasteiger partial charge is 0.380 e. The van der Waals surface area contributed by atoms with Crippen LogP contribution in [0.4, 0.5) is 0 Å². The fourth-order valence-electron chi connectivity index (χ4n) is 3.44. The molecule has 2 rings (SSSR count). The lowest BCUT2D eigenvalue weighted by molar-refractivity contribution is 0.149. The molecule has 1 aliphatic heterocycles. The summed E-state index contributed by atoms with van der Waals surface area (Å²) in [6, 6.07) is 9.68. The van der Waals surface area contributed by atoms with Gasteiger partial charge in [-0.05, 0) is 36.4 Å². The van der Waals surface area contributed by atoms with Crippen molar-refractivity contribution in [3.63, 3.8) is 0 Å². The van der Waals surface area contributed by atoms with Gasteiger partial charge in [-0.15, -0.1) is 0 Å². The number of hydrogen-bond acceptors (Lipinski definition) is 3. The second kappa shape index (κ2) is 7.21. The van der Waals surface area contributed by atoms with E-state index in [0.717, 1.165) is 0 Å². The first-order valence-corrected chi connectivity index (χ1v) is 7.71. The minimum absolute atomic E-state index is 0.335. The van der Waals surface area contributed by atoms with Crippen LogP contribution in [-0.4, -0.2) is 31.1 Å². The average Bonchev–Trinajstić information content (AvgIpc) is 2.90. The highest BCUT2D eigenvalue weighted by atomic mass is 16.5. The van der Waals surface area contributed by atoms with Crippen LogP contribution < -0.4 is 5.73 Å². The van der Waals surface area contributed by atoms with Crippen LogP contribution in [0.1, 0.15) is 43.9 Å². The van der Waals surface area contributed by atoms with Gasteiger partial charge in [0.15, 0.2) is 0 Å². The number of nitrogens with two attached hydrogens (primary N) is 1.